The number of nitrogens with one attached hydrogen (secondary N) is 1. The Morgan fingerprint density at radius 1 is 0.918 bits per heavy atom. The molecule has 0 atom stereocenters. The number of carboxylic acid groups (broad SMARTS) is 1. The maximum atomic E-state index is 13.3. The van der Waals surface area contributed by atoms with Crippen LogP contribution in [0.25, 0.3) is 21.3 Å². The van der Waals surface area contributed by atoms with Gasteiger partial charge in [-0.05, 0) is 50.6 Å². The number of primary amides is 1. The van der Waals surface area contributed by atoms with E-state index in [2.05, 4.69) is 31.0 Å². The zero-order valence-corrected chi connectivity index (χ0v) is 35.8. The van der Waals surface area contributed by atoms with Crippen molar-refractivity contribution >= 4 is 68.9 Å². The largest absolute Gasteiger partial charge is 0.494 e. The number of imidazole rings is 1. The lowest BCUT2D eigenvalue weighted by Gasteiger charge is -2.12. The molecule has 4 heterocycles. The van der Waals surface area contributed by atoms with Gasteiger partial charge in [-0.15, -0.1) is 0 Å². The van der Waals surface area contributed by atoms with Gasteiger partial charge in [0.2, 0.25) is 17.6 Å². The SMILES string of the molecule is CCc1nc(C)oc1C(=O)N=c1sc2cc(C=O)cc(OC)c2n1C/C=C/Cn1c(NC)nc2cc(C(N)=O)cc(OCCCC(=O)O)c21.CCc1nc(C)oc1C=O.CN. The monoisotopic (exact) mass is 859 g/mol. The van der Waals surface area contributed by atoms with Crippen molar-refractivity contribution in [1.29, 1.82) is 0 Å². The van der Waals surface area contributed by atoms with Gasteiger partial charge in [0.1, 0.15) is 28.8 Å². The number of thiazole rings is 1. The lowest BCUT2D eigenvalue weighted by molar-refractivity contribution is -0.137. The summed E-state index contributed by atoms with van der Waals surface area (Å²) < 4.78 is 26.5. The van der Waals surface area contributed by atoms with E-state index in [0.29, 0.717) is 91.5 Å². The molecule has 6 N–H and O–H groups in total. The van der Waals surface area contributed by atoms with Crippen LogP contribution in [0.4, 0.5) is 5.95 Å². The minimum absolute atomic E-state index is 0.0731. The molecule has 0 aliphatic rings. The molecule has 0 saturated heterocycles. The van der Waals surface area contributed by atoms with Crippen molar-refractivity contribution in [3.8, 4) is 11.5 Å². The Morgan fingerprint density at radius 2 is 1.59 bits per heavy atom. The predicted octanol–water partition coefficient (Wildman–Crippen LogP) is 5.05. The highest BCUT2D eigenvalue weighted by Gasteiger charge is 2.21. The quantitative estimate of drug-likeness (QED) is 0.0531. The number of nitrogens with two attached hydrogens (primary N) is 2. The maximum Gasteiger partial charge on any atom is 0.317 e. The molecule has 0 bridgehead atoms. The summed E-state index contributed by atoms with van der Waals surface area (Å²) in [4.78, 5) is 76.0. The number of aryl methyl sites for hydroxylation is 4. The Balaban J connectivity index is 0.000000593. The van der Waals surface area contributed by atoms with Crippen molar-refractivity contribution in [1.82, 2.24) is 24.1 Å². The van der Waals surface area contributed by atoms with Crippen LogP contribution in [0.3, 0.4) is 0 Å². The lowest BCUT2D eigenvalue weighted by Crippen LogP contribution is -2.17. The first-order valence-corrected chi connectivity index (χ1v) is 19.9. The highest BCUT2D eigenvalue weighted by Crippen LogP contribution is 2.32. The molecule has 0 saturated carbocycles. The number of allylic oxidation sites excluding steroid dienone is 2. The summed E-state index contributed by atoms with van der Waals surface area (Å²) in [6, 6.07) is 6.42. The number of carboxylic acids is 1. The van der Waals surface area contributed by atoms with Crippen molar-refractivity contribution < 1.29 is 47.4 Å². The minimum atomic E-state index is -0.940. The molecule has 6 aromatic rings. The highest BCUT2D eigenvalue weighted by molar-refractivity contribution is 7.16. The van der Waals surface area contributed by atoms with E-state index in [0.717, 1.165) is 18.4 Å². The van der Waals surface area contributed by atoms with Gasteiger partial charge in [-0.25, -0.2) is 15.0 Å². The second-order valence-corrected chi connectivity index (χ2v) is 13.8. The van der Waals surface area contributed by atoms with Gasteiger partial charge >= 0.3 is 11.9 Å². The van der Waals surface area contributed by atoms with E-state index in [1.54, 1.807) is 39.1 Å². The average molecular weight is 860 g/mol. The highest BCUT2D eigenvalue weighted by atomic mass is 32.1. The fourth-order valence-corrected chi connectivity index (χ4v) is 7.24. The van der Waals surface area contributed by atoms with Crippen LogP contribution >= 0.6 is 11.3 Å². The third-order valence-electron chi connectivity index (χ3n) is 8.78. The van der Waals surface area contributed by atoms with Crippen LogP contribution in [-0.4, -0.2) is 87.4 Å². The number of amides is 2. The molecule has 6 rings (SSSR count). The van der Waals surface area contributed by atoms with Gasteiger partial charge in [0.15, 0.2) is 28.6 Å². The van der Waals surface area contributed by atoms with Crippen molar-refractivity contribution in [2.45, 2.75) is 66.5 Å². The van der Waals surface area contributed by atoms with Gasteiger partial charge in [0, 0.05) is 51.5 Å². The number of hydrogen-bond donors (Lipinski definition) is 4. The van der Waals surface area contributed by atoms with E-state index < -0.39 is 17.8 Å². The van der Waals surface area contributed by atoms with Crippen molar-refractivity contribution in [3.63, 3.8) is 0 Å². The number of benzene rings is 2. The Labute approximate surface area is 354 Å². The number of rotatable bonds is 17. The summed E-state index contributed by atoms with van der Waals surface area (Å²) in [7, 11) is 4.71. The number of oxazole rings is 2. The number of carbonyl (C=O) groups is 5. The van der Waals surface area contributed by atoms with Crippen molar-refractivity contribution in [2.24, 2.45) is 16.5 Å². The van der Waals surface area contributed by atoms with E-state index in [4.69, 9.17) is 29.1 Å². The minimum Gasteiger partial charge on any atom is -0.494 e. The van der Waals surface area contributed by atoms with E-state index in [-0.39, 0.29) is 37.3 Å². The smallest absolute Gasteiger partial charge is 0.317 e. The summed E-state index contributed by atoms with van der Waals surface area (Å²) in [6.45, 7) is 7.89. The zero-order chi connectivity index (χ0) is 44.8. The summed E-state index contributed by atoms with van der Waals surface area (Å²) >= 11 is 1.23. The molecule has 20 heteroatoms. The van der Waals surface area contributed by atoms with Crippen molar-refractivity contribution in [2.75, 3.05) is 33.1 Å². The second-order valence-electron chi connectivity index (χ2n) is 12.8. The average Bonchev–Trinajstić information content (AvgIpc) is 4.03. The first-order chi connectivity index (χ1) is 29.3. The summed E-state index contributed by atoms with van der Waals surface area (Å²) in [5.41, 5.74) is 13.6. The number of aromatic nitrogens is 5. The molecule has 0 radical (unpaired) electrons. The second kappa shape index (κ2) is 21.9. The zero-order valence-electron chi connectivity index (χ0n) is 34.9. The number of carbonyl (C=O) groups excluding carboxylic acids is 4. The molecule has 4 aromatic heterocycles. The fourth-order valence-electron chi connectivity index (χ4n) is 6.13. The van der Waals surface area contributed by atoms with Gasteiger partial charge < -0.3 is 49.3 Å². The first kappa shape index (κ1) is 46.8. The molecule has 61 heavy (non-hydrogen) atoms. The number of aliphatic carboxylic acids is 1. The number of anilines is 1. The lowest BCUT2D eigenvalue weighted by atomic mass is 10.1. The standard InChI is InChI=1S/C33H35N7O8S.C7H9NO2.CH5N/c1-5-21-29(48-18(2)36-21)31(45)38-33-40(28-23(46-4)13-19(17-41)14-25(28)49-33)11-7-6-10-39-27-22(37-32(39)35-3)15-20(30(34)44)16-24(27)47-12-8-9-26(42)43;1-3-6-7(4-9)10-5(2)8-6;1-2/h6-7,13-17H,5,8-12H2,1-4H3,(H2,34,44)(H,35,37)(H,42,43);4H,3H2,1-2H3;2H2,1H3/b7-6+,38-33?;;. The molecule has 0 fully saturated rings. The molecule has 2 aromatic carbocycles. The molecule has 0 aliphatic heterocycles. The molecule has 2 amide bonds. The van der Waals surface area contributed by atoms with Gasteiger partial charge in [-0.2, -0.15) is 4.99 Å². The fraction of sp³-hybridized carbons (Fsp3) is 0.341. The molecule has 0 unspecified atom stereocenters. The van der Waals surface area contributed by atoms with Crippen LogP contribution < -0.4 is 31.1 Å². The maximum absolute atomic E-state index is 13.3. The normalized spacial score (nSPS) is 11.2. The number of ether oxygens (including phenoxy) is 2. The van der Waals surface area contributed by atoms with Gasteiger partial charge in [-0.1, -0.05) is 37.3 Å². The summed E-state index contributed by atoms with van der Waals surface area (Å²) in [5.74, 6) is 0.452. The molecule has 0 aliphatic carbocycles. The third-order valence-corrected chi connectivity index (χ3v) is 9.80. The molecular weight excluding hydrogens is 811 g/mol. The van der Waals surface area contributed by atoms with E-state index in [9.17, 15) is 24.0 Å². The number of methoxy groups -OCH3 is 1. The summed E-state index contributed by atoms with van der Waals surface area (Å²) in [6.07, 6.45) is 6.62. The Kier molecular flexibility index (Phi) is 16.8. The van der Waals surface area contributed by atoms with Crippen LogP contribution in [0, 0.1) is 13.8 Å². The van der Waals surface area contributed by atoms with E-state index in [1.807, 2.05) is 35.1 Å². The van der Waals surface area contributed by atoms with Crippen LogP contribution in [0.15, 0.2) is 50.2 Å². The molecule has 324 valence electrons. The number of nitrogens with zero attached hydrogens (tertiary/aromatic N) is 6. The predicted molar refractivity (Wildman–Crippen MR) is 228 cm³/mol. The number of aldehydes is 2. The Morgan fingerprint density at radius 3 is 2.18 bits per heavy atom. The van der Waals surface area contributed by atoms with Gasteiger partial charge in [-0.3, -0.25) is 24.0 Å². The number of hydrogen-bond acceptors (Lipinski definition) is 15. The van der Waals surface area contributed by atoms with Crippen LogP contribution in [0.5, 0.6) is 11.5 Å². The van der Waals surface area contributed by atoms with Crippen LogP contribution in [0.1, 0.15) is 91.7 Å². The van der Waals surface area contributed by atoms with Crippen molar-refractivity contribution in [3.05, 3.63) is 87.0 Å². The number of fused-ring (bicyclic) bond motifs is 2. The van der Waals surface area contributed by atoms with Crippen LogP contribution in [-0.2, 0) is 30.7 Å². The summed E-state index contributed by atoms with van der Waals surface area (Å²) in [5, 5.41) is 12.1. The Bertz CT molecular complexity index is 2630. The van der Waals surface area contributed by atoms with Crippen LogP contribution in [0.2, 0.25) is 0 Å². The molecule has 19 nitrogen and oxygen atoms in total. The third kappa shape index (κ3) is 11.2. The molecular formula is C41H49N9O10S. The molecule has 0 spiro atoms. The van der Waals surface area contributed by atoms with Gasteiger partial charge in [0.05, 0.1) is 35.3 Å². The topological polar surface area (TPSA) is 275 Å². The first-order valence-electron chi connectivity index (χ1n) is 19.1. The van der Waals surface area contributed by atoms with E-state index >= 15 is 0 Å². The van der Waals surface area contributed by atoms with E-state index in [1.165, 1.54) is 31.6 Å². The van der Waals surface area contributed by atoms with Gasteiger partial charge in [0.25, 0.3) is 0 Å². The Hall–Kier alpha value is -6.93.